The van der Waals surface area contributed by atoms with Gasteiger partial charge in [-0.05, 0) is 42.0 Å². The molecule has 21 heavy (non-hydrogen) atoms. The molecule has 0 bridgehead atoms. The summed E-state index contributed by atoms with van der Waals surface area (Å²) >= 11 is 0. The van der Waals surface area contributed by atoms with Crippen LogP contribution >= 0.6 is 24.0 Å². The highest BCUT2D eigenvalue weighted by atomic mass is 127. The molecule has 4 nitrogen and oxygen atoms in total. The zero-order chi connectivity index (χ0) is 15.2. The Bertz CT molecular complexity index is 441. The number of benzene rings is 1. The molecule has 0 aliphatic rings. The monoisotopic (exact) mass is 405 g/mol. The number of nitrogens with one attached hydrogen (secondary N) is 1. The van der Waals surface area contributed by atoms with Crippen molar-refractivity contribution in [3.8, 4) is 5.75 Å². The number of aliphatic imine (C=N–C) groups is 1. The molecule has 0 heterocycles. The first-order valence-corrected chi connectivity index (χ1v) is 7.03. The third kappa shape index (κ3) is 8.14. The van der Waals surface area contributed by atoms with Gasteiger partial charge in [0.15, 0.2) is 5.96 Å². The number of methoxy groups -OCH3 is 1. The molecule has 1 aromatic carbocycles. The lowest BCUT2D eigenvalue weighted by atomic mass is 9.84. The maximum atomic E-state index is 5.92. The van der Waals surface area contributed by atoms with Crippen molar-refractivity contribution in [2.24, 2.45) is 22.1 Å². The van der Waals surface area contributed by atoms with Crippen LogP contribution in [-0.2, 0) is 0 Å². The van der Waals surface area contributed by atoms with Gasteiger partial charge in [0.1, 0.15) is 5.75 Å². The van der Waals surface area contributed by atoms with Crippen LogP contribution in [0.15, 0.2) is 29.3 Å². The van der Waals surface area contributed by atoms with Crippen molar-refractivity contribution in [1.82, 2.24) is 0 Å². The van der Waals surface area contributed by atoms with Gasteiger partial charge in [0, 0.05) is 12.2 Å². The van der Waals surface area contributed by atoms with Crippen LogP contribution in [0.4, 0.5) is 5.69 Å². The summed E-state index contributed by atoms with van der Waals surface area (Å²) in [4.78, 5) is 4.44. The smallest absolute Gasteiger partial charge is 0.193 e. The van der Waals surface area contributed by atoms with Crippen molar-refractivity contribution >= 4 is 35.6 Å². The summed E-state index contributed by atoms with van der Waals surface area (Å²) in [6.07, 6.45) is 1.13. The minimum absolute atomic E-state index is 0. The van der Waals surface area contributed by atoms with Crippen molar-refractivity contribution in [2.75, 3.05) is 19.0 Å². The van der Waals surface area contributed by atoms with E-state index in [-0.39, 0.29) is 29.4 Å². The first-order chi connectivity index (χ1) is 9.32. The van der Waals surface area contributed by atoms with E-state index in [1.807, 2.05) is 24.3 Å². The van der Waals surface area contributed by atoms with Crippen LogP contribution in [0.25, 0.3) is 0 Å². The number of hydrogen-bond acceptors (Lipinski definition) is 2. The van der Waals surface area contributed by atoms with Gasteiger partial charge in [-0.3, -0.25) is 4.99 Å². The molecule has 0 unspecified atom stereocenters. The third-order valence-electron chi connectivity index (χ3n) is 3.00. The highest BCUT2D eigenvalue weighted by Gasteiger charge is 2.18. The molecule has 0 saturated heterocycles. The molecule has 0 aliphatic heterocycles. The van der Waals surface area contributed by atoms with Crippen molar-refractivity contribution < 1.29 is 4.74 Å². The average molecular weight is 405 g/mol. The predicted octanol–water partition coefficient (Wildman–Crippen LogP) is 4.11. The summed E-state index contributed by atoms with van der Waals surface area (Å²) < 4.78 is 5.11. The first kappa shape index (κ1) is 20.0. The first-order valence-electron chi connectivity index (χ1n) is 7.03. The molecule has 1 rings (SSSR count). The molecule has 1 aromatic rings. The molecule has 0 fully saturated rings. The molecule has 0 radical (unpaired) electrons. The number of halogens is 1. The second kappa shape index (κ2) is 9.12. The molecular weight excluding hydrogens is 377 g/mol. The van der Waals surface area contributed by atoms with Crippen LogP contribution < -0.4 is 15.8 Å². The van der Waals surface area contributed by atoms with Gasteiger partial charge in [0.05, 0.1) is 7.11 Å². The van der Waals surface area contributed by atoms with Crippen molar-refractivity contribution in [3.63, 3.8) is 0 Å². The van der Waals surface area contributed by atoms with Crippen molar-refractivity contribution in [1.29, 1.82) is 0 Å². The molecule has 3 N–H and O–H groups in total. The number of nitrogens with two attached hydrogens (primary N) is 1. The molecule has 0 saturated carbocycles. The maximum absolute atomic E-state index is 5.92. The molecule has 5 heteroatoms. The van der Waals surface area contributed by atoms with Crippen LogP contribution in [0.1, 0.15) is 34.1 Å². The summed E-state index contributed by atoms with van der Waals surface area (Å²) in [6.45, 7) is 9.61. The minimum atomic E-state index is 0. The second-order valence-electron chi connectivity index (χ2n) is 6.32. The Labute approximate surface area is 145 Å². The van der Waals surface area contributed by atoms with E-state index in [1.165, 1.54) is 0 Å². The number of nitrogens with zero attached hydrogens (tertiary/aromatic N) is 1. The van der Waals surface area contributed by atoms with Gasteiger partial charge in [-0.25, -0.2) is 0 Å². The fourth-order valence-corrected chi connectivity index (χ4v) is 2.33. The quantitative estimate of drug-likeness (QED) is 0.426. The number of rotatable bonds is 6. The van der Waals surface area contributed by atoms with Gasteiger partial charge in [-0.1, -0.05) is 27.7 Å². The van der Waals surface area contributed by atoms with Crippen LogP contribution in [0.2, 0.25) is 0 Å². The molecule has 0 amide bonds. The maximum Gasteiger partial charge on any atom is 0.193 e. The van der Waals surface area contributed by atoms with Gasteiger partial charge in [-0.15, -0.1) is 24.0 Å². The summed E-state index contributed by atoms with van der Waals surface area (Å²) in [5.74, 6) is 1.94. The topological polar surface area (TPSA) is 59.6 Å². The van der Waals surface area contributed by atoms with E-state index in [0.717, 1.165) is 24.4 Å². The molecule has 120 valence electrons. The minimum Gasteiger partial charge on any atom is -0.497 e. The largest absolute Gasteiger partial charge is 0.497 e. The number of guanidine groups is 1. The van der Waals surface area contributed by atoms with Gasteiger partial charge >= 0.3 is 0 Å². The fraction of sp³-hybridized carbons (Fsp3) is 0.562. The summed E-state index contributed by atoms with van der Waals surface area (Å²) in [5.41, 5.74) is 7.00. The van der Waals surface area contributed by atoms with Crippen LogP contribution in [0, 0.1) is 11.3 Å². The normalized spacial score (nSPS) is 12.0. The van der Waals surface area contributed by atoms with E-state index in [4.69, 9.17) is 10.5 Å². The van der Waals surface area contributed by atoms with Gasteiger partial charge in [0.2, 0.25) is 0 Å². The lowest BCUT2D eigenvalue weighted by molar-refractivity contribution is 0.298. The summed E-state index contributed by atoms with van der Waals surface area (Å²) in [7, 11) is 1.65. The van der Waals surface area contributed by atoms with Gasteiger partial charge in [0.25, 0.3) is 0 Å². The highest BCUT2D eigenvalue weighted by molar-refractivity contribution is 14.0. The molecule has 0 aliphatic carbocycles. The predicted molar refractivity (Wildman–Crippen MR) is 102 cm³/mol. The Hall–Kier alpha value is -0.980. The Morgan fingerprint density at radius 2 is 1.86 bits per heavy atom. The SMILES string of the molecule is COc1ccc(NC(N)=NCC(C)(C)CC(C)C)cc1.I. The standard InChI is InChI=1S/C16H27N3O.HI/c1-12(2)10-16(3,4)11-18-15(17)19-13-6-8-14(20-5)9-7-13;/h6-9,12H,10-11H2,1-5H3,(H3,17,18,19);1H. The average Bonchev–Trinajstić information content (AvgIpc) is 2.36. The van der Waals surface area contributed by atoms with Gasteiger partial charge < -0.3 is 15.8 Å². The van der Waals surface area contributed by atoms with E-state index in [1.54, 1.807) is 7.11 Å². The number of hydrogen-bond donors (Lipinski definition) is 2. The molecule has 0 spiro atoms. The molecule has 0 aromatic heterocycles. The van der Waals surface area contributed by atoms with Crippen LogP contribution in [0.5, 0.6) is 5.75 Å². The second-order valence-corrected chi connectivity index (χ2v) is 6.32. The third-order valence-corrected chi connectivity index (χ3v) is 3.00. The number of ether oxygens (including phenoxy) is 1. The lowest BCUT2D eigenvalue weighted by Crippen LogP contribution is -2.26. The summed E-state index contributed by atoms with van der Waals surface area (Å²) in [6, 6.07) is 7.61. The summed E-state index contributed by atoms with van der Waals surface area (Å²) in [5, 5.41) is 3.09. The van der Waals surface area contributed by atoms with Crippen molar-refractivity contribution in [3.05, 3.63) is 24.3 Å². The lowest BCUT2D eigenvalue weighted by Gasteiger charge is -2.24. The van der Waals surface area contributed by atoms with Crippen LogP contribution in [0.3, 0.4) is 0 Å². The Morgan fingerprint density at radius 3 is 2.33 bits per heavy atom. The molecule has 0 atom stereocenters. The molecular formula is C16H28IN3O. The van der Waals surface area contributed by atoms with Crippen molar-refractivity contribution in [2.45, 2.75) is 34.1 Å². The fourth-order valence-electron chi connectivity index (χ4n) is 2.33. The van der Waals surface area contributed by atoms with E-state index in [0.29, 0.717) is 11.9 Å². The van der Waals surface area contributed by atoms with E-state index in [2.05, 4.69) is 38.0 Å². The van der Waals surface area contributed by atoms with E-state index >= 15 is 0 Å². The van der Waals surface area contributed by atoms with Gasteiger partial charge in [-0.2, -0.15) is 0 Å². The van der Waals surface area contributed by atoms with Crippen LogP contribution in [-0.4, -0.2) is 19.6 Å². The number of anilines is 1. The van der Waals surface area contributed by atoms with E-state index in [9.17, 15) is 0 Å². The zero-order valence-corrected chi connectivity index (χ0v) is 16.0. The van der Waals surface area contributed by atoms with E-state index < -0.39 is 0 Å². The zero-order valence-electron chi connectivity index (χ0n) is 13.6. The Kier molecular flexibility index (Phi) is 8.70. The Morgan fingerprint density at radius 1 is 1.29 bits per heavy atom. The highest BCUT2D eigenvalue weighted by Crippen LogP contribution is 2.25. The Balaban J connectivity index is 0.00000400.